The van der Waals surface area contributed by atoms with E-state index in [-0.39, 0.29) is 11.7 Å². The van der Waals surface area contributed by atoms with E-state index in [0.29, 0.717) is 48.0 Å². The molecule has 0 radical (unpaired) electrons. The quantitative estimate of drug-likeness (QED) is 0.462. The third-order valence-electron chi connectivity index (χ3n) is 5.48. The Kier molecular flexibility index (Phi) is 6.01. The fraction of sp³-hybridized carbons (Fsp3) is 0.333. The van der Waals surface area contributed by atoms with E-state index in [4.69, 9.17) is 12.2 Å². The summed E-state index contributed by atoms with van der Waals surface area (Å²) in [6.45, 7) is 5.17. The number of carbonyl (C=O) groups is 2. The van der Waals surface area contributed by atoms with E-state index in [1.165, 1.54) is 24.3 Å². The third kappa shape index (κ3) is 4.17. The number of piperazine rings is 1. The van der Waals surface area contributed by atoms with E-state index in [2.05, 4.69) is 10.2 Å². The largest absolute Gasteiger partial charge is 0.366 e. The lowest BCUT2D eigenvalue weighted by atomic mass is 10.1. The van der Waals surface area contributed by atoms with Gasteiger partial charge in [0.1, 0.15) is 11.9 Å². The van der Waals surface area contributed by atoms with Crippen LogP contribution < -0.4 is 4.90 Å². The van der Waals surface area contributed by atoms with Crippen LogP contribution in [0.1, 0.15) is 30.2 Å². The van der Waals surface area contributed by atoms with Crippen LogP contribution in [0, 0.1) is 10.6 Å². The average Bonchev–Trinajstić information content (AvgIpc) is 3.42. The number of hydrogen-bond donors (Lipinski definition) is 1. The minimum absolute atomic E-state index is 0.0534. The van der Waals surface area contributed by atoms with Gasteiger partial charge in [0, 0.05) is 31.7 Å². The smallest absolute Gasteiger partial charge is 0.245 e. The van der Waals surface area contributed by atoms with Crippen LogP contribution in [0.4, 0.5) is 10.1 Å². The molecular weight excluding hydrogens is 437 g/mol. The Bertz CT molecular complexity index is 1160. The zero-order valence-electron chi connectivity index (χ0n) is 17.2. The molecule has 0 spiro atoms. The number of benzene rings is 1. The summed E-state index contributed by atoms with van der Waals surface area (Å²) in [5.41, 5.74) is 0.796. The number of H-pyrrole nitrogens is 1. The number of nitrogens with zero attached hydrogens (tertiary/aromatic N) is 4. The molecule has 1 aliphatic rings. The lowest BCUT2D eigenvalue weighted by Crippen LogP contribution is -2.50. The minimum atomic E-state index is -0.513. The van der Waals surface area contributed by atoms with Gasteiger partial charge < -0.3 is 9.80 Å². The van der Waals surface area contributed by atoms with Gasteiger partial charge in [-0.1, -0.05) is 6.07 Å². The first-order valence-electron chi connectivity index (χ1n) is 9.92. The summed E-state index contributed by atoms with van der Waals surface area (Å²) in [5, 5.41) is 9.04. The van der Waals surface area contributed by atoms with Crippen LogP contribution in [0.2, 0.25) is 0 Å². The summed E-state index contributed by atoms with van der Waals surface area (Å²) in [6.07, 6.45) is 0. The Morgan fingerprint density at radius 3 is 2.58 bits per heavy atom. The van der Waals surface area contributed by atoms with Crippen molar-refractivity contribution in [3.8, 4) is 10.7 Å². The number of aromatic amines is 1. The number of ketones is 1. The van der Waals surface area contributed by atoms with Crippen molar-refractivity contribution in [2.24, 2.45) is 0 Å². The molecule has 2 aromatic heterocycles. The van der Waals surface area contributed by atoms with Crippen LogP contribution >= 0.6 is 23.6 Å². The number of anilines is 1. The Morgan fingerprint density at radius 2 is 1.97 bits per heavy atom. The third-order valence-corrected chi connectivity index (χ3v) is 6.63. The number of Topliss-reactive ketones (excluding diaryl/α,β-unsaturated/α-hetero) is 1. The number of hydrogen-bond acceptors (Lipinski definition) is 6. The predicted molar refractivity (Wildman–Crippen MR) is 121 cm³/mol. The summed E-state index contributed by atoms with van der Waals surface area (Å²) in [5.74, 6) is -0.00441. The SMILES string of the molecule is CC(=O)c1ccc(N2CCN(C(=O)C(C)n3c(-c4cccs4)n[nH]c3=S)CC2)c(F)c1. The molecule has 1 fully saturated rings. The molecule has 7 nitrogen and oxygen atoms in total. The maximum Gasteiger partial charge on any atom is 0.245 e. The molecule has 162 valence electrons. The van der Waals surface area contributed by atoms with E-state index >= 15 is 0 Å². The molecule has 4 rings (SSSR count). The fourth-order valence-electron chi connectivity index (χ4n) is 3.77. The summed E-state index contributed by atoms with van der Waals surface area (Å²) in [6, 6.07) is 7.88. The van der Waals surface area contributed by atoms with E-state index in [9.17, 15) is 14.0 Å². The number of thiophene rings is 1. The van der Waals surface area contributed by atoms with Gasteiger partial charge in [-0.2, -0.15) is 5.10 Å². The maximum atomic E-state index is 14.5. The summed E-state index contributed by atoms with van der Waals surface area (Å²) < 4.78 is 16.6. The molecule has 0 bridgehead atoms. The van der Waals surface area contributed by atoms with Crippen LogP contribution in [0.25, 0.3) is 10.7 Å². The highest BCUT2D eigenvalue weighted by Crippen LogP contribution is 2.27. The molecule has 1 aromatic carbocycles. The Balaban J connectivity index is 1.46. The van der Waals surface area contributed by atoms with Crippen LogP contribution in [-0.2, 0) is 4.79 Å². The van der Waals surface area contributed by atoms with Crippen molar-refractivity contribution in [1.29, 1.82) is 0 Å². The van der Waals surface area contributed by atoms with Gasteiger partial charge >= 0.3 is 0 Å². The first-order chi connectivity index (χ1) is 14.9. The maximum absolute atomic E-state index is 14.5. The summed E-state index contributed by atoms with van der Waals surface area (Å²) in [7, 11) is 0. The molecule has 3 aromatic rings. The number of halogens is 1. The predicted octanol–water partition coefficient (Wildman–Crippen LogP) is 3.92. The number of carbonyl (C=O) groups excluding carboxylic acids is 2. The van der Waals surface area contributed by atoms with Gasteiger partial charge in [0.05, 0.1) is 10.6 Å². The van der Waals surface area contributed by atoms with Crippen LogP contribution in [0.3, 0.4) is 0 Å². The second-order valence-corrected chi connectivity index (χ2v) is 8.74. The van der Waals surface area contributed by atoms with Crippen molar-refractivity contribution in [2.75, 3.05) is 31.1 Å². The lowest BCUT2D eigenvalue weighted by Gasteiger charge is -2.37. The highest BCUT2D eigenvalue weighted by atomic mass is 32.1. The molecule has 10 heteroatoms. The first kappa shape index (κ1) is 21.4. The molecule has 31 heavy (non-hydrogen) atoms. The molecule has 1 unspecified atom stereocenters. The van der Waals surface area contributed by atoms with Crippen molar-refractivity contribution < 1.29 is 14.0 Å². The summed E-state index contributed by atoms with van der Waals surface area (Å²) in [4.78, 5) is 29.2. The highest BCUT2D eigenvalue weighted by molar-refractivity contribution is 7.71. The zero-order chi connectivity index (χ0) is 22.1. The first-order valence-corrected chi connectivity index (χ1v) is 11.2. The molecule has 1 N–H and O–H groups in total. The van der Waals surface area contributed by atoms with Crippen molar-refractivity contribution in [2.45, 2.75) is 19.9 Å². The molecule has 0 saturated carbocycles. The fourth-order valence-corrected chi connectivity index (χ4v) is 4.77. The second-order valence-electron chi connectivity index (χ2n) is 7.41. The lowest BCUT2D eigenvalue weighted by molar-refractivity contribution is -0.134. The van der Waals surface area contributed by atoms with Crippen molar-refractivity contribution in [3.05, 3.63) is 51.9 Å². The molecule has 1 aliphatic heterocycles. The Morgan fingerprint density at radius 1 is 1.23 bits per heavy atom. The number of amides is 1. The highest BCUT2D eigenvalue weighted by Gasteiger charge is 2.29. The molecule has 1 saturated heterocycles. The molecule has 1 atom stereocenters. The van der Waals surface area contributed by atoms with Gasteiger partial charge in [-0.15, -0.1) is 11.3 Å². The van der Waals surface area contributed by atoms with Gasteiger partial charge in [-0.3, -0.25) is 19.3 Å². The van der Waals surface area contributed by atoms with Crippen molar-refractivity contribution >= 4 is 40.9 Å². The summed E-state index contributed by atoms with van der Waals surface area (Å²) >= 11 is 6.91. The van der Waals surface area contributed by atoms with Crippen LogP contribution in [0.5, 0.6) is 0 Å². The van der Waals surface area contributed by atoms with Crippen molar-refractivity contribution in [1.82, 2.24) is 19.7 Å². The van der Waals surface area contributed by atoms with Gasteiger partial charge in [-0.05, 0) is 55.7 Å². The van der Waals surface area contributed by atoms with Crippen LogP contribution in [-0.4, -0.2) is 57.5 Å². The molecular formula is C21H22FN5O2S2. The van der Waals surface area contributed by atoms with E-state index in [0.717, 1.165) is 4.88 Å². The Labute approximate surface area is 188 Å². The molecule has 1 amide bonds. The van der Waals surface area contributed by atoms with Gasteiger partial charge in [0.15, 0.2) is 16.4 Å². The zero-order valence-corrected chi connectivity index (χ0v) is 18.8. The molecule has 0 aliphatic carbocycles. The minimum Gasteiger partial charge on any atom is -0.366 e. The number of aromatic nitrogens is 3. The van der Waals surface area contributed by atoms with Gasteiger partial charge in [-0.25, -0.2) is 4.39 Å². The second kappa shape index (κ2) is 8.72. The average molecular weight is 460 g/mol. The monoisotopic (exact) mass is 459 g/mol. The van der Waals surface area contributed by atoms with Crippen molar-refractivity contribution in [3.63, 3.8) is 0 Å². The van der Waals surface area contributed by atoms with Gasteiger partial charge in [0.25, 0.3) is 0 Å². The topological polar surface area (TPSA) is 74.2 Å². The number of rotatable bonds is 5. The standard InChI is InChI=1S/C21H22FN5O2S2/c1-13(27-19(23-24-21(27)30)18-4-3-11-31-18)20(29)26-9-7-25(8-10-26)17-6-5-15(14(2)28)12-16(17)22/h3-6,11-13H,7-10H2,1-2H3,(H,24,30). The van der Waals surface area contributed by atoms with E-state index in [1.807, 2.05) is 29.3 Å². The van der Waals surface area contributed by atoms with E-state index < -0.39 is 11.9 Å². The van der Waals surface area contributed by atoms with E-state index in [1.54, 1.807) is 21.6 Å². The number of nitrogens with one attached hydrogen (secondary N) is 1. The van der Waals surface area contributed by atoms with Crippen LogP contribution in [0.15, 0.2) is 35.7 Å². The Hall–Kier alpha value is -2.85. The van der Waals surface area contributed by atoms with Gasteiger partial charge in [0.2, 0.25) is 5.91 Å². The normalized spacial score (nSPS) is 15.2. The molecule has 3 heterocycles.